The molecule has 1 fully saturated rings. The van der Waals surface area contributed by atoms with E-state index in [1.54, 1.807) is 7.11 Å². The van der Waals surface area contributed by atoms with Crippen molar-refractivity contribution >= 4 is 0 Å². The molecule has 1 saturated carbocycles. The number of benzene rings is 1. The van der Waals surface area contributed by atoms with Gasteiger partial charge >= 0.3 is 0 Å². The Morgan fingerprint density at radius 2 is 1.68 bits per heavy atom. The number of methoxy groups -OCH3 is 1. The van der Waals surface area contributed by atoms with Crippen LogP contribution in [0.2, 0.25) is 0 Å². The van der Waals surface area contributed by atoms with Crippen molar-refractivity contribution in [1.82, 2.24) is 0 Å². The molecule has 2 nitrogen and oxygen atoms in total. The fourth-order valence-corrected chi connectivity index (χ4v) is 3.23. The summed E-state index contributed by atoms with van der Waals surface area (Å²) in [6.45, 7) is 4.11. The summed E-state index contributed by atoms with van der Waals surface area (Å²) in [7, 11) is 1.70. The highest BCUT2D eigenvalue weighted by atomic mass is 16.5. The topological polar surface area (TPSA) is 29.5 Å². The van der Waals surface area contributed by atoms with E-state index in [-0.39, 0.29) is 6.10 Å². The predicted octanol–water partition coefficient (Wildman–Crippen LogP) is 4.32. The SMILES string of the molecule is COc1cc(C)c(C(O)C2CCCCCC2)cc1C. The molecule has 1 aliphatic carbocycles. The Morgan fingerprint density at radius 3 is 2.26 bits per heavy atom. The molecule has 1 unspecified atom stereocenters. The lowest BCUT2D eigenvalue weighted by atomic mass is 9.87. The molecule has 2 rings (SSSR count). The average Bonchev–Trinajstić information content (AvgIpc) is 2.69. The van der Waals surface area contributed by atoms with Crippen LogP contribution in [0.15, 0.2) is 12.1 Å². The minimum Gasteiger partial charge on any atom is -0.496 e. The van der Waals surface area contributed by atoms with Gasteiger partial charge in [-0.05, 0) is 61.4 Å². The smallest absolute Gasteiger partial charge is 0.122 e. The zero-order valence-corrected chi connectivity index (χ0v) is 12.4. The summed E-state index contributed by atoms with van der Waals surface area (Å²) in [6.07, 6.45) is 7.17. The summed E-state index contributed by atoms with van der Waals surface area (Å²) >= 11 is 0. The van der Waals surface area contributed by atoms with E-state index in [0.717, 1.165) is 35.3 Å². The first-order chi connectivity index (χ1) is 9.13. The Hall–Kier alpha value is -1.02. The van der Waals surface area contributed by atoms with Gasteiger partial charge in [-0.15, -0.1) is 0 Å². The first-order valence-corrected chi connectivity index (χ1v) is 7.46. The Bertz CT molecular complexity index is 418. The summed E-state index contributed by atoms with van der Waals surface area (Å²) in [5, 5.41) is 10.7. The van der Waals surface area contributed by atoms with Gasteiger partial charge in [0.1, 0.15) is 5.75 Å². The molecule has 0 aromatic heterocycles. The third kappa shape index (κ3) is 3.30. The lowest BCUT2D eigenvalue weighted by Crippen LogP contribution is -2.13. The molecule has 1 atom stereocenters. The van der Waals surface area contributed by atoms with E-state index in [9.17, 15) is 5.11 Å². The molecule has 106 valence electrons. The molecule has 1 aromatic rings. The molecule has 0 heterocycles. The molecule has 0 amide bonds. The summed E-state index contributed by atoms with van der Waals surface area (Å²) < 4.78 is 5.34. The summed E-state index contributed by atoms with van der Waals surface area (Å²) in [5.41, 5.74) is 3.33. The van der Waals surface area contributed by atoms with Crippen molar-refractivity contribution in [3.05, 3.63) is 28.8 Å². The molecule has 0 bridgehead atoms. The Balaban J connectivity index is 2.22. The Labute approximate surface area is 116 Å². The number of aryl methyl sites for hydroxylation is 2. The third-order valence-corrected chi connectivity index (χ3v) is 4.45. The highest BCUT2D eigenvalue weighted by Crippen LogP contribution is 2.36. The van der Waals surface area contributed by atoms with E-state index < -0.39 is 0 Å². The minimum absolute atomic E-state index is 0.317. The van der Waals surface area contributed by atoms with Crippen LogP contribution in [0.5, 0.6) is 5.75 Å². The number of aliphatic hydroxyl groups is 1. The highest BCUT2D eigenvalue weighted by Gasteiger charge is 2.24. The molecular weight excluding hydrogens is 236 g/mol. The lowest BCUT2D eigenvalue weighted by molar-refractivity contribution is 0.0981. The van der Waals surface area contributed by atoms with Crippen molar-refractivity contribution in [2.45, 2.75) is 58.5 Å². The molecule has 1 aromatic carbocycles. The maximum atomic E-state index is 10.7. The molecule has 0 saturated heterocycles. The maximum absolute atomic E-state index is 10.7. The molecule has 0 aliphatic heterocycles. The van der Waals surface area contributed by atoms with Crippen LogP contribution in [0.4, 0.5) is 0 Å². The largest absolute Gasteiger partial charge is 0.496 e. The fraction of sp³-hybridized carbons (Fsp3) is 0.647. The van der Waals surface area contributed by atoms with E-state index in [1.807, 2.05) is 13.0 Å². The van der Waals surface area contributed by atoms with Gasteiger partial charge in [0, 0.05) is 0 Å². The van der Waals surface area contributed by atoms with Crippen LogP contribution in [0.25, 0.3) is 0 Å². The second-order valence-electron chi connectivity index (χ2n) is 5.87. The molecule has 2 heteroatoms. The van der Waals surface area contributed by atoms with Crippen LogP contribution in [0.1, 0.15) is 61.3 Å². The van der Waals surface area contributed by atoms with Gasteiger partial charge in [0.2, 0.25) is 0 Å². The van der Waals surface area contributed by atoms with E-state index in [4.69, 9.17) is 4.74 Å². The third-order valence-electron chi connectivity index (χ3n) is 4.45. The molecule has 0 radical (unpaired) electrons. The molecule has 1 N–H and O–H groups in total. The number of hydrogen-bond acceptors (Lipinski definition) is 2. The van der Waals surface area contributed by atoms with Crippen molar-refractivity contribution in [3.63, 3.8) is 0 Å². The van der Waals surface area contributed by atoms with Gasteiger partial charge in [0.05, 0.1) is 13.2 Å². The normalized spacial score (nSPS) is 18.9. The van der Waals surface area contributed by atoms with Gasteiger partial charge in [0.15, 0.2) is 0 Å². The second kappa shape index (κ2) is 6.42. The van der Waals surface area contributed by atoms with Crippen LogP contribution < -0.4 is 4.74 Å². The zero-order valence-electron chi connectivity index (χ0n) is 12.4. The number of ether oxygens (including phenoxy) is 1. The molecular formula is C17H26O2. The highest BCUT2D eigenvalue weighted by molar-refractivity contribution is 5.42. The van der Waals surface area contributed by atoms with Crippen LogP contribution in [0.3, 0.4) is 0 Å². The maximum Gasteiger partial charge on any atom is 0.122 e. The van der Waals surface area contributed by atoms with Crippen molar-refractivity contribution < 1.29 is 9.84 Å². The zero-order chi connectivity index (χ0) is 13.8. The standard InChI is InChI=1S/C17H26O2/c1-12-11-16(19-3)13(2)10-15(12)17(18)14-8-6-4-5-7-9-14/h10-11,14,17-18H,4-9H2,1-3H3. The van der Waals surface area contributed by atoms with Gasteiger partial charge in [0.25, 0.3) is 0 Å². The molecule has 1 aliphatic rings. The first kappa shape index (κ1) is 14.4. The lowest BCUT2D eigenvalue weighted by Gasteiger charge is -2.24. The van der Waals surface area contributed by atoms with Gasteiger partial charge in [-0.2, -0.15) is 0 Å². The van der Waals surface area contributed by atoms with Crippen molar-refractivity contribution in [2.75, 3.05) is 7.11 Å². The minimum atomic E-state index is -0.317. The van der Waals surface area contributed by atoms with Crippen LogP contribution in [0, 0.1) is 19.8 Å². The molecule has 0 spiro atoms. The monoisotopic (exact) mass is 262 g/mol. The number of aliphatic hydroxyl groups excluding tert-OH is 1. The number of rotatable bonds is 3. The van der Waals surface area contributed by atoms with E-state index in [1.165, 1.54) is 25.7 Å². The van der Waals surface area contributed by atoms with Crippen molar-refractivity contribution in [3.8, 4) is 5.75 Å². The Kier molecular flexibility index (Phi) is 4.87. The van der Waals surface area contributed by atoms with E-state index in [0.29, 0.717) is 5.92 Å². The van der Waals surface area contributed by atoms with E-state index in [2.05, 4.69) is 13.0 Å². The molecule has 19 heavy (non-hydrogen) atoms. The summed E-state index contributed by atoms with van der Waals surface area (Å²) in [6, 6.07) is 4.15. The van der Waals surface area contributed by atoms with Crippen LogP contribution >= 0.6 is 0 Å². The number of hydrogen-bond donors (Lipinski definition) is 1. The summed E-state index contributed by atoms with van der Waals surface area (Å²) in [4.78, 5) is 0. The summed E-state index contributed by atoms with van der Waals surface area (Å²) in [5.74, 6) is 1.34. The average molecular weight is 262 g/mol. The van der Waals surface area contributed by atoms with Gasteiger partial charge in [-0.3, -0.25) is 0 Å². The van der Waals surface area contributed by atoms with Gasteiger partial charge in [-0.1, -0.05) is 25.7 Å². The van der Waals surface area contributed by atoms with Crippen LogP contribution in [-0.2, 0) is 0 Å². The Morgan fingerprint density at radius 1 is 1.05 bits per heavy atom. The van der Waals surface area contributed by atoms with Gasteiger partial charge in [-0.25, -0.2) is 0 Å². The van der Waals surface area contributed by atoms with E-state index >= 15 is 0 Å². The predicted molar refractivity (Wildman–Crippen MR) is 78.6 cm³/mol. The van der Waals surface area contributed by atoms with Gasteiger partial charge < -0.3 is 9.84 Å². The second-order valence-corrected chi connectivity index (χ2v) is 5.87. The van der Waals surface area contributed by atoms with Crippen LogP contribution in [-0.4, -0.2) is 12.2 Å². The van der Waals surface area contributed by atoms with Crippen molar-refractivity contribution in [1.29, 1.82) is 0 Å². The van der Waals surface area contributed by atoms with Crippen molar-refractivity contribution in [2.24, 2.45) is 5.92 Å². The fourth-order valence-electron chi connectivity index (χ4n) is 3.23. The first-order valence-electron chi connectivity index (χ1n) is 7.46. The quantitative estimate of drug-likeness (QED) is 0.822.